The first-order chi connectivity index (χ1) is 20.3. The normalized spacial score (nSPS) is 15.0. The predicted molar refractivity (Wildman–Crippen MR) is 158 cm³/mol. The van der Waals surface area contributed by atoms with Gasteiger partial charge in [-0.05, 0) is 67.4 Å². The van der Waals surface area contributed by atoms with Crippen LogP contribution in [0.5, 0.6) is 0 Å². The number of amides is 4. The molecule has 0 bridgehead atoms. The van der Waals surface area contributed by atoms with Gasteiger partial charge in [-0.25, -0.2) is 4.90 Å². The molecule has 4 amide bonds. The molecular weight excluding hydrogens is 534 g/mol. The highest BCUT2D eigenvalue weighted by atomic mass is 16.3. The molecule has 6 rings (SSSR count). The van der Waals surface area contributed by atoms with Crippen molar-refractivity contribution >= 4 is 45.8 Å². The first kappa shape index (κ1) is 27.3. The Hall–Kier alpha value is -4.86. The smallest absolute Gasteiger partial charge is 0.265 e. The third-order valence-electron chi connectivity index (χ3n) is 8.13. The molecule has 4 aromatic rings. The molecule has 212 valence electrons. The highest BCUT2D eigenvalue weighted by molar-refractivity contribution is 6.39. The highest BCUT2D eigenvalue weighted by Gasteiger charge is 2.42. The Morgan fingerprint density at radius 1 is 0.738 bits per heavy atom. The first-order valence-corrected chi connectivity index (χ1v) is 13.8. The fourth-order valence-corrected chi connectivity index (χ4v) is 6.08. The number of imide groups is 2. The van der Waals surface area contributed by atoms with Gasteiger partial charge in [0, 0.05) is 51.8 Å². The van der Waals surface area contributed by atoms with Crippen LogP contribution in [-0.2, 0) is 0 Å². The van der Waals surface area contributed by atoms with Crippen molar-refractivity contribution in [1.29, 1.82) is 0 Å². The van der Waals surface area contributed by atoms with Gasteiger partial charge in [-0.1, -0.05) is 30.3 Å². The number of likely N-dealkylation sites (N-methyl/N-ethyl adjacent to an activating group) is 1. The van der Waals surface area contributed by atoms with Gasteiger partial charge in [0.05, 0.1) is 24.9 Å². The zero-order chi connectivity index (χ0) is 29.7. The van der Waals surface area contributed by atoms with Gasteiger partial charge in [-0.2, -0.15) is 0 Å². The minimum Gasteiger partial charge on any atom is -0.395 e. The summed E-state index contributed by atoms with van der Waals surface area (Å²) in [5.41, 5.74) is 3.44. The summed E-state index contributed by atoms with van der Waals surface area (Å²) in [6.45, 7) is 4.47. The van der Waals surface area contributed by atoms with Crippen molar-refractivity contribution < 1.29 is 29.4 Å². The van der Waals surface area contributed by atoms with Crippen molar-refractivity contribution in [2.24, 2.45) is 0 Å². The molecule has 42 heavy (non-hydrogen) atoms. The average molecular weight is 564 g/mol. The Kier molecular flexibility index (Phi) is 6.84. The van der Waals surface area contributed by atoms with Gasteiger partial charge in [-0.15, -0.1) is 0 Å². The molecule has 0 spiro atoms. The molecule has 0 saturated heterocycles. The van der Waals surface area contributed by atoms with E-state index in [1.54, 1.807) is 36.4 Å². The number of carbonyl (C=O) groups excluding carboxylic acids is 4. The molecule has 0 saturated carbocycles. The lowest BCUT2D eigenvalue weighted by Crippen LogP contribution is -2.45. The lowest BCUT2D eigenvalue weighted by Gasteiger charge is -2.35. The number of carbonyl (C=O) groups is 4. The number of hydrogen-bond donors (Lipinski definition) is 2. The molecule has 0 aromatic heterocycles. The zero-order valence-electron chi connectivity index (χ0n) is 23.2. The summed E-state index contributed by atoms with van der Waals surface area (Å²) in [4.78, 5) is 59.5. The maximum atomic E-state index is 13.9. The number of benzene rings is 4. The van der Waals surface area contributed by atoms with Crippen LogP contribution >= 0.6 is 0 Å². The molecule has 2 aliphatic heterocycles. The molecule has 1 unspecified atom stereocenters. The van der Waals surface area contributed by atoms with E-state index in [0.29, 0.717) is 29.9 Å². The van der Waals surface area contributed by atoms with Crippen LogP contribution in [0.3, 0.4) is 0 Å². The van der Waals surface area contributed by atoms with Crippen LogP contribution in [0.4, 0.5) is 11.4 Å². The number of rotatable bonds is 8. The van der Waals surface area contributed by atoms with Gasteiger partial charge in [0.15, 0.2) is 0 Å². The molecule has 0 fully saturated rings. The third kappa shape index (κ3) is 4.00. The molecule has 2 N–H and O–H groups in total. The maximum absolute atomic E-state index is 13.9. The monoisotopic (exact) mass is 563 g/mol. The molecule has 2 aliphatic rings. The second-order valence-corrected chi connectivity index (χ2v) is 10.4. The quantitative estimate of drug-likeness (QED) is 0.310. The maximum Gasteiger partial charge on any atom is 0.265 e. The SMILES string of the molecule is CCN(CCO)c1ccc(N2C(=O)c3ccc4c5c(ccc(c35)C2=O)C(=O)N(C(CO)c2ccccc2)C4=O)c(C)c1. The zero-order valence-corrected chi connectivity index (χ0v) is 23.2. The van der Waals surface area contributed by atoms with Crippen molar-refractivity contribution in [1.82, 2.24) is 4.90 Å². The summed E-state index contributed by atoms with van der Waals surface area (Å²) in [7, 11) is 0. The topological polar surface area (TPSA) is 118 Å². The van der Waals surface area contributed by atoms with E-state index >= 15 is 0 Å². The van der Waals surface area contributed by atoms with Crippen LogP contribution in [0.15, 0.2) is 72.8 Å². The van der Waals surface area contributed by atoms with Crippen molar-refractivity contribution in [3.8, 4) is 0 Å². The Balaban J connectivity index is 1.44. The number of aliphatic hydroxyl groups excluding tert-OH is 2. The van der Waals surface area contributed by atoms with Crippen LogP contribution in [-0.4, -0.2) is 65.0 Å². The van der Waals surface area contributed by atoms with Crippen LogP contribution in [0.1, 0.15) is 65.5 Å². The number of anilines is 2. The summed E-state index contributed by atoms with van der Waals surface area (Å²) < 4.78 is 0. The van der Waals surface area contributed by atoms with E-state index in [2.05, 4.69) is 0 Å². The Morgan fingerprint density at radius 2 is 1.29 bits per heavy atom. The van der Waals surface area contributed by atoms with Gasteiger partial charge >= 0.3 is 0 Å². The van der Waals surface area contributed by atoms with Gasteiger partial charge in [-0.3, -0.25) is 24.1 Å². The van der Waals surface area contributed by atoms with E-state index in [-0.39, 0.29) is 39.6 Å². The van der Waals surface area contributed by atoms with Crippen LogP contribution in [0.2, 0.25) is 0 Å². The number of aliphatic hydroxyl groups is 2. The second kappa shape index (κ2) is 10.5. The summed E-state index contributed by atoms with van der Waals surface area (Å²) >= 11 is 0. The van der Waals surface area contributed by atoms with E-state index in [1.165, 1.54) is 24.3 Å². The predicted octanol–water partition coefficient (Wildman–Crippen LogP) is 4.10. The first-order valence-electron chi connectivity index (χ1n) is 13.8. The molecule has 4 aromatic carbocycles. The average Bonchev–Trinajstić information content (AvgIpc) is 3.00. The summed E-state index contributed by atoms with van der Waals surface area (Å²) in [6, 6.07) is 19.4. The fraction of sp³-hybridized carbons (Fsp3) is 0.212. The Morgan fingerprint density at radius 3 is 1.76 bits per heavy atom. The summed E-state index contributed by atoms with van der Waals surface area (Å²) in [5, 5.41) is 20.2. The minimum absolute atomic E-state index is 0.00181. The summed E-state index contributed by atoms with van der Waals surface area (Å²) in [5.74, 6) is -2.29. The van der Waals surface area contributed by atoms with E-state index in [1.807, 2.05) is 30.9 Å². The largest absolute Gasteiger partial charge is 0.395 e. The van der Waals surface area contributed by atoms with Crippen LogP contribution in [0.25, 0.3) is 10.8 Å². The standard InChI is InChI=1S/C33H29N3O6/c1-3-34(15-16-37)21-9-14-26(19(2)17-21)35-30(39)22-10-12-24-29-25(13-11-23(28(22)29)31(35)40)33(42)36(32(24)41)27(18-38)20-7-5-4-6-8-20/h4-14,17,27,37-38H,3,15-16,18H2,1-2H3. The molecule has 0 aliphatic carbocycles. The van der Waals surface area contributed by atoms with Gasteiger partial charge in [0.25, 0.3) is 23.6 Å². The van der Waals surface area contributed by atoms with Crippen molar-refractivity contribution in [2.45, 2.75) is 19.9 Å². The number of aryl methyl sites for hydroxylation is 1. The van der Waals surface area contributed by atoms with Crippen molar-refractivity contribution in [2.75, 3.05) is 36.1 Å². The van der Waals surface area contributed by atoms with Crippen molar-refractivity contribution in [3.63, 3.8) is 0 Å². The van der Waals surface area contributed by atoms with E-state index in [9.17, 15) is 29.4 Å². The highest BCUT2D eigenvalue weighted by Crippen LogP contribution is 2.41. The Labute approximate surface area is 242 Å². The van der Waals surface area contributed by atoms with Gasteiger partial charge in [0.1, 0.15) is 0 Å². The molecular formula is C33H29N3O6. The number of nitrogens with zero attached hydrogens (tertiary/aromatic N) is 3. The third-order valence-corrected chi connectivity index (χ3v) is 8.13. The lowest BCUT2D eigenvalue weighted by molar-refractivity contribution is 0.0467. The number of hydrogen-bond acceptors (Lipinski definition) is 7. The fourth-order valence-electron chi connectivity index (χ4n) is 6.08. The molecule has 2 heterocycles. The molecule has 0 radical (unpaired) electrons. The van der Waals surface area contributed by atoms with Gasteiger partial charge in [0.2, 0.25) is 0 Å². The van der Waals surface area contributed by atoms with Gasteiger partial charge < -0.3 is 15.1 Å². The van der Waals surface area contributed by atoms with Crippen LogP contribution < -0.4 is 9.80 Å². The molecule has 9 heteroatoms. The molecule has 9 nitrogen and oxygen atoms in total. The van der Waals surface area contributed by atoms with E-state index in [4.69, 9.17) is 0 Å². The lowest BCUT2D eigenvalue weighted by atomic mass is 9.85. The van der Waals surface area contributed by atoms with Crippen molar-refractivity contribution in [3.05, 3.63) is 106 Å². The van der Waals surface area contributed by atoms with Crippen LogP contribution in [0, 0.1) is 6.92 Å². The van der Waals surface area contributed by atoms with E-state index < -0.39 is 36.3 Å². The Bertz CT molecular complexity index is 1710. The van der Waals surface area contributed by atoms with E-state index in [0.717, 1.165) is 15.5 Å². The second-order valence-electron chi connectivity index (χ2n) is 10.4. The minimum atomic E-state index is -0.896. The summed E-state index contributed by atoms with van der Waals surface area (Å²) in [6.07, 6.45) is 0. The molecule has 1 atom stereocenters.